The first kappa shape index (κ1) is 16.1. The number of hydrogen-bond acceptors (Lipinski definition) is 4. The fourth-order valence-electron chi connectivity index (χ4n) is 2.57. The first-order valence-corrected chi connectivity index (χ1v) is 9.91. The Labute approximate surface area is 155 Å². The van der Waals surface area contributed by atoms with Gasteiger partial charge in [0.05, 0.1) is 4.88 Å². The van der Waals surface area contributed by atoms with Crippen LogP contribution in [0.15, 0.2) is 77.3 Å². The summed E-state index contributed by atoms with van der Waals surface area (Å²) >= 11 is 3.39. The SMILES string of the molecule is Cc1ccc(CSc2nnc(-c3cccs3)n2-c2ccccc2)cc1. The van der Waals surface area contributed by atoms with Gasteiger partial charge in [-0.3, -0.25) is 4.57 Å². The molecule has 0 N–H and O–H groups in total. The Bertz CT molecular complexity index is 943. The van der Waals surface area contributed by atoms with E-state index in [4.69, 9.17) is 0 Å². The quantitative estimate of drug-likeness (QED) is 0.433. The van der Waals surface area contributed by atoms with Gasteiger partial charge in [0.25, 0.3) is 0 Å². The van der Waals surface area contributed by atoms with Crippen molar-refractivity contribution in [3.8, 4) is 16.4 Å². The summed E-state index contributed by atoms with van der Waals surface area (Å²) in [6.45, 7) is 2.11. The molecule has 0 radical (unpaired) electrons. The summed E-state index contributed by atoms with van der Waals surface area (Å²) in [7, 11) is 0. The van der Waals surface area contributed by atoms with Crippen molar-refractivity contribution < 1.29 is 0 Å². The van der Waals surface area contributed by atoms with Gasteiger partial charge in [-0.05, 0) is 36.1 Å². The van der Waals surface area contributed by atoms with Gasteiger partial charge in [-0.15, -0.1) is 21.5 Å². The molecule has 0 aliphatic heterocycles. The molecule has 0 aliphatic rings. The molecule has 3 nitrogen and oxygen atoms in total. The van der Waals surface area contributed by atoms with E-state index < -0.39 is 0 Å². The molecule has 0 unspecified atom stereocenters. The summed E-state index contributed by atoms with van der Waals surface area (Å²) in [5.41, 5.74) is 3.65. The maximum Gasteiger partial charge on any atom is 0.196 e. The standard InChI is InChI=1S/C20H17N3S2/c1-15-9-11-16(12-10-15)14-25-20-22-21-19(18-8-5-13-24-18)23(20)17-6-3-2-4-7-17/h2-13H,14H2,1H3. The third-order valence-electron chi connectivity index (χ3n) is 3.88. The topological polar surface area (TPSA) is 30.7 Å². The van der Waals surface area contributed by atoms with E-state index in [1.807, 2.05) is 24.3 Å². The van der Waals surface area contributed by atoms with Gasteiger partial charge in [-0.1, -0.05) is 65.9 Å². The van der Waals surface area contributed by atoms with Crippen LogP contribution in [0.1, 0.15) is 11.1 Å². The summed E-state index contributed by atoms with van der Waals surface area (Å²) in [6, 6.07) is 23.1. The van der Waals surface area contributed by atoms with E-state index in [9.17, 15) is 0 Å². The van der Waals surface area contributed by atoms with E-state index in [0.717, 1.165) is 27.3 Å². The number of thioether (sulfide) groups is 1. The highest BCUT2D eigenvalue weighted by Crippen LogP contribution is 2.31. The third kappa shape index (κ3) is 3.52. The number of nitrogens with zero attached hydrogens (tertiary/aromatic N) is 3. The molecule has 25 heavy (non-hydrogen) atoms. The molecule has 0 bridgehead atoms. The highest BCUT2D eigenvalue weighted by molar-refractivity contribution is 7.98. The van der Waals surface area contributed by atoms with E-state index >= 15 is 0 Å². The molecule has 5 heteroatoms. The van der Waals surface area contributed by atoms with Crippen LogP contribution in [0.2, 0.25) is 0 Å². The van der Waals surface area contributed by atoms with Crippen LogP contribution in [0.4, 0.5) is 0 Å². The predicted octanol–water partition coefficient (Wildman–Crippen LogP) is 5.60. The number of aromatic nitrogens is 3. The summed E-state index contributed by atoms with van der Waals surface area (Å²) in [5.74, 6) is 1.77. The fraction of sp³-hybridized carbons (Fsp3) is 0.100. The van der Waals surface area contributed by atoms with Crippen LogP contribution in [0.3, 0.4) is 0 Å². The summed E-state index contributed by atoms with van der Waals surface area (Å²) in [6.07, 6.45) is 0. The molecule has 2 aromatic carbocycles. The minimum atomic E-state index is 0.871. The zero-order valence-corrected chi connectivity index (χ0v) is 15.4. The van der Waals surface area contributed by atoms with E-state index in [1.165, 1.54) is 11.1 Å². The van der Waals surface area contributed by atoms with Crippen LogP contribution in [-0.2, 0) is 5.75 Å². The molecule has 0 fully saturated rings. The number of aryl methyl sites for hydroxylation is 1. The molecule has 0 spiro atoms. The molecular weight excluding hydrogens is 346 g/mol. The molecule has 0 aliphatic carbocycles. The Balaban J connectivity index is 1.69. The van der Waals surface area contributed by atoms with Crippen LogP contribution >= 0.6 is 23.1 Å². The normalized spacial score (nSPS) is 10.9. The van der Waals surface area contributed by atoms with Crippen molar-refractivity contribution in [2.75, 3.05) is 0 Å². The fourth-order valence-corrected chi connectivity index (χ4v) is 4.18. The second kappa shape index (κ2) is 7.25. The summed E-state index contributed by atoms with van der Waals surface area (Å²) in [4.78, 5) is 1.12. The van der Waals surface area contributed by atoms with Gasteiger partial charge in [0.1, 0.15) is 0 Å². The molecule has 0 saturated carbocycles. The molecular formula is C20H17N3S2. The number of benzene rings is 2. The number of para-hydroxylation sites is 1. The van der Waals surface area contributed by atoms with Crippen molar-refractivity contribution >= 4 is 23.1 Å². The zero-order chi connectivity index (χ0) is 17.1. The average Bonchev–Trinajstić information content (AvgIpc) is 3.31. The molecule has 4 aromatic rings. The smallest absolute Gasteiger partial charge is 0.196 e. The van der Waals surface area contributed by atoms with Crippen molar-refractivity contribution in [3.05, 3.63) is 83.2 Å². The minimum absolute atomic E-state index is 0.871. The van der Waals surface area contributed by atoms with Gasteiger partial charge in [0.2, 0.25) is 0 Å². The summed E-state index contributed by atoms with van der Waals surface area (Å²) < 4.78 is 2.14. The molecule has 0 saturated heterocycles. The van der Waals surface area contributed by atoms with Gasteiger partial charge in [0.15, 0.2) is 11.0 Å². The van der Waals surface area contributed by atoms with Gasteiger partial charge in [-0.2, -0.15) is 0 Å². The van der Waals surface area contributed by atoms with Gasteiger partial charge in [0, 0.05) is 11.4 Å². The zero-order valence-electron chi connectivity index (χ0n) is 13.8. The Morgan fingerprint density at radius 3 is 2.44 bits per heavy atom. The lowest BCUT2D eigenvalue weighted by molar-refractivity contribution is 0.886. The van der Waals surface area contributed by atoms with Crippen molar-refractivity contribution in [1.82, 2.24) is 14.8 Å². The van der Waals surface area contributed by atoms with Gasteiger partial charge >= 0.3 is 0 Å². The number of thiophene rings is 1. The first-order valence-electron chi connectivity index (χ1n) is 8.04. The van der Waals surface area contributed by atoms with Crippen molar-refractivity contribution in [1.29, 1.82) is 0 Å². The van der Waals surface area contributed by atoms with Crippen LogP contribution in [0.5, 0.6) is 0 Å². The minimum Gasteiger partial charge on any atom is -0.269 e. The first-order chi connectivity index (χ1) is 12.3. The van der Waals surface area contributed by atoms with Crippen molar-refractivity contribution in [3.63, 3.8) is 0 Å². The van der Waals surface area contributed by atoms with Crippen LogP contribution in [0.25, 0.3) is 16.4 Å². The molecule has 4 rings (SSSR count). The van der Waals surface area contributed by atoms with E-state index in [0.29, 0.717) is 0 Å². The number of hydrogen-bond donors (Lipinski definition) is 0. The molecule has 2 heterocycles. The average molecular weight is 364 g/mol. The molecule has 0 amide bonds. The molecule has 2 aromatic heterocycles. The Kier molecular flexibility index (Phi) is 4.68. The Hall–Kier alpha value is -2.37. The predicted molar refractivity (Wildman–Crippen MR) is 105 cm³/mol. The maximum absolute atomic E-state index is 4.46. The number of rotatable bonds is 5. The van der Waals surface area contributed by atoms with E-state index in [2.05, 4.69) is 69.5 Å². The highest BCUT2D eigenvalue weighted by Gasteiger charge is 2.16. The highest BCUT2D eigenvalue weighted by atomic mass is 32.2. The third-order valence-corrected chi connectivity index (χ3v) is 5.74. The van der Waals surface area contributed by atoms with E-state index in [-0.39, 0.29) is 0 Å². The van der Waals surface area contributed by atoms with E-state index in [1.54, 1.807) is 23.1 Å². The molecule has 124 valence electrons. The largest absolute Gasteiger partial charge is 0.269 e. The van der Waals surface area contributed by atoms with Crippen LogP contribution in [-0.4, -0.2) is 14.8 Å². The van der Waals surface area contributed by atoms with Gasteiger partial charge < -0.3 is 0 Å². The second-order valence-corrected chi connectivity index (χ2v) is 7.62. The monoisotopic (exact) mass is 363 g/mol. The lowest BCUT2D eigenvalue weighted by atomic mass is 10.2. The lowest BCUT2D eigenvalue weighted by Gasteiger charge is -2.09. The Morgan fingerprint density at radius 1 is 0.920 bits per heavy atom. The van der Waals surface area contributed by atoms with Crippen molar-refractivity contribution in [2.24, 2.45) is 0 Å². The van der Waals surface area contributed by atoms with Crippen LogP contribution in [0, 0.1) is 6.92 Å². The van der Waals surface area contributed by atoms with Gasteiger partial charge in [-0.25, -0.2) is 0 Å². The maximum atomic E-state index is 4.46. The van der Waals surface area contributed by atoms with Crippen molar-refractivity contribution in [2.45, 2.75) is 17.8 Å². The summed E-state index contributed by atoms with van der Waals surface area (Å²) in [5, 5.41) is 11.9. The van der Waals surface area contributed by atoms with Crippen LogP contribution < -0.4 is 0 Å². The lowest BCUT2D eigenvalue weighted by Crippen LogP contribution is -1.98. The Morgan fingerprint density at radius 2 is 1.72 bits per heavy atom. The second-order valence-electron chi connectivity index (χ2n) is 5.73. The molecule has 0 atom stereocenters.